The van der Waals surface area contributed by atoms with Crippen LogP contribution in [0.5, 0.6) is 0 Å². The van der Waals surface area contributed by atoms with Crippen LogP contribution in [0.4, 0.5) is 10.2 Å². The van der Waals surface area contributed by atoms with E-state index in [2.05, 4.69) is 16.6 Å². The Morgan fingerprint density at radius 3 is 2.58 bits per heavy atom. The van der Waals surface area contributed by atoms with Gasteiger partial charge in [-0.3, -0.25) is 9.13 Å². The predicted molar refractivity (Wildman–Crippen MR) is 98.2 cm³/mol. The third kappa shape index (κ3) is 6.03. The second-order valence-electron chi connectivity index (χ2n) is 5.38. The Morgan fingerprint density at radius 2 is 2.04 bits per heavy atom. The standard InChI is InChI=1S/C14H23FN3O5P.CH3Cl/c1-3-21-24(20,22-4-2)11(15)9-10-5-6-13(23-10)18-8-7-12(16)17-14(18)19;1-2/h7-8,10-11,13H,3-6,9H2,1-2H3,(H2,16,17,19);1H3. The molecule has 0 bridgehead atoms. The Balaban J connectivity index is 0.00000163. The number of nitrogens with zero attached hydrogens (tertiary/aromatic N) is 2. The number of nitrogen functional groups attached to an aromatic ring is 1. The molecule has 3 unspecified atom stereocenters. The summed E-state index contributed by atoms with van der Waals surface area (Å²) >= 11 is 4.64. The van der Waals surface area contributed by atoms with Gasteiger partial charge in [0.2, 0.25) is 5.91 Å². The van der Waals surface area contributed by atoms with Gasteiger partial charge in [0.1, 0.15) is 12.0 Å². The number of halogens is 2. The Labute approximate surface area is 157 Å². The minimum atomic E-state index is -3.81. The van der Waals surface area contributed by atoms with Gasteiger partial charge in [0.15, 0.2) is 0 Å². The number of nitrogens with two attached hydrogens (primary N) is 1. The van der Waals surface area contributed by atoms with E-state index in [1.807, 2.05) is 0 Å². The van der Waals surface area contributed by atoms with Crippen LogP contribution in [-0.4, -0.2) is 41.2 Å². The molecule has 0 aromatic carbocycles. The minimum Gasteiger partial charge on any atom is -0.383 e. The molecule has 1 saturated heterocycles. The maximum absolute atomic E-state index is 14.4. The smallest absolute Gasteiger partial charge is 0.364 e. The lowest BCUT2D eigenvalue weighted by Gasteiger charge is -2.23. The highest BCUT2D eigenvalue weighted by molar-refractivity contribution is 7.54. The zero-order valence-electron chi connectivity index (χ0n) is 15.1. The van der Waals surface area contributed by atoms with Crippen LogP contribution in [0.1, 0.15) is 39.3 Å². The minimum absolute atomic E-state index is 0.0956. The van der Waals surface area contributed by atoms with Crippen molar-refractivity contribution in [2.24, 2.45) is 0 Å². The summed E-state index contributed by atoms with van der Waals surface area (Å²) in [7, 11) is -3.81. The van der Waals surface area contributed by atoms with Crippen molar-refractivity contribution in [2.45, 2.75) is 51.4 Å². The molecule has 0 radical (unpaired) electrons. The molecular formula is C15H26ClFN3O5P. The first-order chi connectivity index (χ1) is 12.4. The Morgan fingerprint density at radius 1 is 1.42 bits per heavy atom. The largest absolute Gasteiger partial charge is 0.383 e. The first-order valence-electron chi connectivity index (χ1n) is 8.30. The van der Waals surface area contributed by atoms with Crippen molar-refractivity contribution in [1.29, 1.82) is 0 Å². The van der Waals surface area contributed by atoms with E-state index >= 15 is 0 Å². The molecular weight excluding hydrogens is 388 g/mol. The monoisotopic (exact) mass is 413 g/mol. The molecule has 0 aliphatic carbocycles. The van der Waals surface area contributed by atoms with E-state index < -0.39 is 31.5 Å². The molecule has 1 aliphatic heterocycles. The molecule has 1 aromatic rings. The van der Waals surface area contributed by atoms with Gasteiger partial charge in [-0.2, -0.15) is 4.98 Å². The average Bonchev–Trinajstić information content (AvgIpc) is 3.05. The van der Waals surface area contributed by atoms with Gasteiger partial charge in [-0.25, -0.2) is 9.18 Å². The fraction of sp³-hybridized carbons (Fsp3) is 0.733. The molecule has 2 rings (SSSR count). The van der Waals surface area contributed by atoms with Crippen molar-refractivity contribution in [2.75, 3.05) is 25.3 Å². The molecule has 1 aliphatic rings. The third-order valence-electron chi connectivity index (χ3n) is 3.67. The van der Waals surface area contributed by atoms with Crippen LogP contribution < -0.4 is 11.4 Å². The number of ether oxygens (including phenoxy) is 1. The summed E-state index contributed by atoms with van der Waals surface area (Å²) in [5, 5.41) is 0. The molecule has 8 nitrogen and oxygen atoms in total. The van der Waals surface area contributed by atoms with Crippen molar-refractivity contribution < 1.29 is 22.7 Å². The topological polar surface area (TPSA) is 106 Å². The lowest BCUT2D eigenvalue weighted by atomic mass is 10.2. The van der Waals surface area contributed by atoms with Crippen LogP contribution in [0.3, 0.4) is 0 Å². The first-order valence-corrected chi connectivity index (χ1v) is 10.7. The summed E-state index contributed by atoms with van der Waals surface area (Å²) < 4.78 is 43.9. The molecule has 2 heterocycles. The average molecular weight is 414 g/mol. The van der Waals surface area contributed by atoms with Crippen LogP contribution in [0.2, 0.25) is 0 Å². The molecule has 0 saturated carbocycles. The normalized spacial score (nSPS) is 21.1. The Hall–Kier alpha value is -0.990. The zero-order chi connectivity index (χ0) is 19.7. The maximum Gasteiger partial charge on any atom is 0.364 e. The molecule has 0 amide bonds. The van der Waals surface area contributed by atoms with E-state index in [9.17, 15) is 13.8 Å². The van der Waals surface area contributed by atoms with Gasteiger partial charge in [0, 0.05) is 19.0 Å². The van der Waals surface area contributed by atoms with Gasteiger partial charge >= 0.3 is 13.3 Å². The number of rotatable bonds is 8. The van der Waals surface area contributed by atoms with Gasteiger partial charge in [-0.15, -0.1) is 11.6 Å². The van der Waals surface area contributed by atoms with E-state index in [4.69, 9.17) is 19.5 Å². The molecule has 1 aromatic heterocycles. The van der Waals surface area contributed by atoms with Gasteiger partial charge in [0.05, 0.1) is 19.3 Å². The van der Waals surface area contributed by atoms with E-state index in [1.165, 1.54) is 23.2 Å². The SMILES string of the molecule is CCOP(=O)(OCC)C(F)CC1CCC(n2ccc(N)nc2=O)O1.CCl. The Bertz CT molecular complexity index is 652. The number of aromatic nitrogens is 2. The summed E-state index contributed by atoms with van der Waals surface area (Å²) in [4.78, 5) is 15.5. The fourth-order valence-electron chi connectivity index (χ4n) is 2.61. The van der Waals surface area contributed by atoms with Crippen molar-refractivity contribution in [3.63, 3.8) is 0 Å². The molecule has 150 valence electrons. The van der Waals surface area contributed by atoms with Crippen LogP contribution >= 0.6 is 19.2 Å². The van der Waals surface area contributed by atoms with Crippen molar-refractivity contribution in [3.8, 4) is 0 Å². The molecule has 2 N–H and O–H groups in total. The summed E-state index contributed by atoms with van der Waals surface area (Å²) in [6.07, 6.45) is 2.88. The molecule has 1 fully saturated rings. The van der Waals surface area contributed by atoms with E-state index in [1.54, 1.807) is 13.8 Å². The number of alkyl halides is 2. The number of anilines is 1. The third-order valence-corrected chi connectivity index (χ3v) is 5.80. The zero-order valence-corrected chi connectivity index (χ0v) is 16.8. The highest BCUT2D eigenvalue weighted by atomic mass is 35.5. The summed E-state index contributed by atoms with van der Waals surface area (Å²) in [5.74, 6) is -1.65. The van der Waals surface area contributed by atoms with Crippen LogP contribution in [0.15, 0.2) is 17.1 Å². The van der Waals surface area contributed by atoms with Crippen LogP contribution in [0.25, 0.3) is 0 Å². The molecule has 26 heavy (non-hydrogen) atoms. The quantitative estimate of drug-likeness (QED) is 0.514. The highest BCUT2D eigenvalue weighted by Crippen LogP contribution is 2.55. The summed E-state index contributed by atoms with van der Waals surface area (Å²) in [5.41, 5.74) is 4.93. The second-order valence-corrected chi connectivity index (χ2v) is 7.53. The molecule has 11 heteroatoms. The predicted octanol–water partition coefficient (Wildman–Crippen LogP) is 3.31. The van der Waals surface area contributed by atoms with Gasteiger partial charge < -0.3 is 19.5 Å². The van der Waals surface area contributed by atoms with E-state index in [0.717, 1.165) is 0 Å². The maximum atomic E-state index is 14.4. The van der Waals surface area contributed by atoms with Gasteiger partial charge in [-0.1, -0.05) is 0 Å². The molecule has 3 atom stereocenters. The van der Waals surface area contributed by atoms with Crippen molar-refractivity contribution >= 4 is 25.0 Å². The number of hydrogen-bond donors (Lipinski definition) is 1. The van der Waals surface area contributed by atoms with Crippen LogP contribution in [0, 0.1) is 0 Å². The lowest BCUT2D eigenvalue weighted by molar-refractivity contribution is -0.0106. The summed E-state index contributed by atoms with van der Waals surface area (Å²) in [6.45, 7) is 3.44. The number of hydrogen-bond acceptors (Lipinski definition) is 7. The van der Waals surface area contributed by atoms with Crippen molar-refractivity contribution in [3.05, 3.63) is 22.7 Å². The molecule has 0 spiro atoms. The Kier molecular flexibility index (Phi) is 9.74. The second kappa shape index (κ2) is 11.0. The summed E-state index contributed by atoms with van der Waals surface area (Å²) in [6, 6.07) is 1.49. The highest BCUT2D eigenvalue weighted by Gasteiger charge is 2.40. The van der Waals surface area contributed by atoms with Crippen LogP contribution in [-0.2, 0) is 18.3 Å². The van der Waals surface area contributed by atoms with Gasteiger partial charge in [0.25, 0.3) is 0 Å². The lowest BCUT2D eigenvalue weighted by Crippen LogP contribution is -2.27. The fourth-order valence-corrected chi connectivity index (χ4v) is 4.23. The van der Waals surface area contributed by atoms with Gasteiger partial charge in [-0.05, 0) is 32.8 Å². The van der Waals surface area contributed by atoms with E-state index in [0.29, 0.717) is 12.8 Å². The first kappa shape index (κ1) is 23.0. The van der Waals surface area contributed by atoms with Crippen molar-refractivity contribution in [1.82, 2.24) is 9.55 Å². The van der Waals surface area contributed by atoms with E-state index in [-0.39, 0.29) is 25.5 Å².